The minimum absolute atomic E-state index is 0.0603. The summed E-state index contributed by atoms with van der Waals surface area (Å²) in [5.74, 6) is 0.453. The first kappa shape index (κ1) is 19.3. The van der Waals surface area contributed by atoms with Crippen molar-refractivity contribution in [1.82, 2.24) is 15.5 Å². The van der Waals surface area contributed by atoms with Gasteiger partial charge in [-0.25, -0.2) is 4.39 Å². The molecule has 1 heterocycles. The van der Waals surface area contributed by atoms with Gasteiger partial charge in [-0.1, -0.05) is 17.7 Å². The molecule has 0 atom stereocenters. The fraction of sp³-hybridized carbons (Fsp3) is 0.190. The highest BCUT2D eigenvalue weighted by molar-refractivity contribution is 5.77. The summed E-state index contributed by atoms with van der Waals surface area (Å²) in [6.45, 7) is 2.49. The van der Waals surface area contributed by atoms with Crippen molar-refractivity contribution in [3.63, 3.8) is 0 Å². The molecule has 28 heavy (non-hydrogen) atoms. The van der Waals surface area contributed by atoms with Crippen molar-refractivity contribution in [2.45, 2.75) is 6.92 Å². The maximum absolute atomic E-state index is 13.0. The third kappa shape index (κ3) is 5.77. The van der Waals surface area contributed by atoms with Gasteiger partial charge in [0.05, 0.1) is 12.2 Å². The highest BCUT2D eigenvalue weighted by Gasteiger charge is 2.04. The Balaban J connectivity index is 1.37. The van der Waals surface area contributed by atoms with Gasteiger partial charge in [-0.3, -0.25) is 4.79 Å². The Morgan fingerprint density at radius 3 is 2.39 bits per heavy atom. The van der Waals surface area contributed by atoms with Crippen molar-refractivity contribution in [1.29, 1.82) is 0 Å². The van der Waals surface area contributed by atoms with Crippen molar-refractivity contribution in [2.75, 3.05) is 19.8 Å². The number of halogens is 1. The number of carbonyl (C=O) groups is 1. The molecule has 3 rings (SSSR count). The molecule has 0 spiro atoms. The van der Waals surface area contributed by atoms with Crippen LogP contribution in [-0.2, 0) is 4.79 Å². The molecular formula is C21H20FN3O3. The van der Waals surface area contributed by atoms with E-state index in [0.717, 1.165) is 11.1 Å². The summed E-state index contributed by atoms with van der Waals surface area (Å²) in [4.78, 5) is 11.8. The van der Waals surface area contributed by atoms with Gasteiger partial charge >= 0.3 is 0 Å². The maximum atomic E-state index is 13.0. The second kappa shape index (κ2) is 9.45. The van der Waals surface area contributed by atoms with Crippen LogP contribution in [0.5, 0.6) is 11.6 Å². The molecule has 0 radical (unpaired) electrons. The number of aryl methyl sites for hydroxylation is 1. The Morgan fingerprint density at radius 2 is 1.71 bits per heavy atom. The standard InChI is InChI=1S/C21H20FN3O3/c1-15-2-8-18(9-3-15)28-14-20(26)23-12-13-27-21-11-10-19(24-25-21)16-4-6-17(22)7-5-16/h2-11H,12-14H2,1H3,(H,23,26). The highest BCUT2D eigenvalue weighted by Crippen LogP contribution is 2.18. The van der Waals surface area contributed by atoms with Crippen LogP contribution in [0.15, 0.2) is 60.7 Å². The number of aromatic nitrogens is 2. The van der Waals surface area contributed by atoms with Gasteiger partial charge in [-0.2, -0.15) is 0 Å². The second-order valence-corrected chi connectivity index (χ2v) is 6.06. The van der Waals surface area contributed by atoms with E-state index in [-0.39, 0.29) is 24.9 Å². The smallest absolute Gasteiger partial charge is 0.258 e. The molecule has 0 aliphatic rings. The lowest BCUT2D eigenvalue weighted by molar-refractivity contribution is -0.123. The molecule has 1 N–H and O–H groups in total. The number of hydrogen-bond donors (Lipinski definition) is 1. The van der Waals surface area contributed by atoms with E-state index in [0.29, 0.717) is 23.9 Å². The van der Waals surface area contributed by atoms with Gasteiger partial charge in [0.15, 0.2) is 6.61 Å². The van der Waals surface area contributed by atoms with Crippen molar-refractivity contribution >= 4 is 5.91 Å². The van der Waals surface area contributed by atoms with E-state index in [1.165, 1.54) is 12.1 Å². The van der Waals surface area contributed by atoms with Gasteiger partial charge in [0.1, 0.15) is 18.2 Å². The van der Waals surface area contributed by atoms with Gasteiger partial charge in [0.2, 0.25) is 5.88 Å². The Hall–Kier alpha value is -3.48. The molecule has 2 aromatic carbocycles. The van der Waals surface area contributed by atoms with Crippen LogP contribution in [0.2, 0.25) is 0 Å². The van der Waals surface area contributed by atoms with Crippen molar-refractivity contribution in [2.24, 2.45) is 0 Å². The van der Waals surface area contributed by atoms with Crippen LogP contribution in [0.3, 0.4) is 0 Å². The van der Waals surface area contributed by atoms with Gasteiger partial charge in [-0.05, 0) is 49.4 Å². The summed E-state index contributed by atoms with van der Waals surface area (Å²) in [5, 5.41) is 10.7. The molecule has 0 unspecified atom stereocenters. The zero-order valence-corrected chi connectivity index (χ0v) is 15.4. The van der Waals surface area contributed by atoms with E-state index >= 15 is 0 Å². The van der Waals surface area contributed by atoms with E-state index in [1.54, 1.807) is 24.3 Å². The van der Waals surface area contributed by atoms with E-state index < -0.39 is 0 Å². The van der Waals surface area contributed by atoms with Crippen LogP contribution in [-0.4, -0.2) is 35.9 Å². The average molecular weight is 381 g/mol. The molecule has 7 heteroatoms. The van der Waals surface area contributed by atoms with E-state index in [9.17, 15) is 9.18 Å². The normalized spacial score (nSPS) is 10.4. The van der Waals surface area contributed by atoms with Crippen LogP contribution in [0, 0.1) is 12.7 Å². The molecular weight excluding hydrogens is 361 g/mol. The van der Waals surface area contributed by atoms with Crippen LogP contribution in [0.4, 0.5) is 4.39 Å². The van der Waals surface area contributed by atoms with E-state index in [4.69, 9.17) is 9.47 Å². The van der Waals surface area contributed by atoms with Crippen LogP contribution < -0.4 is 14.8 Å². The van der Waals surface area contributed by atoms with Crippen LogP contribution >= 0.6 is 0 Å². The number of ether oxygens (including phenoxy) is 2. The SMILES string of the molecule is Cc1ccc(OCC(=O)NCCOc2ccc(-c3ccc(F)cc3)nn2)cc1. The first-order valence-electron chi connectivity index (χ1n) is 8.79. The molecule has 0 bridgehead atoms. The number of carbonyl (C=O) groups excluding carboxylic acids is 1. The first-order chi connectivity index (χ1) is 13.6. The molecule has 0 aliphatic carbocycles. The molecule has 0 saturated heterocycles. The summed E-state index contributed by atoms with van der Waals surface area (Å²) in [6, 6.07) is 16.9. The molecule has 1 aromatic heterocycles. The molecule has 1 amide bonds. The number of benzene rings is 2. The number of nitrogens with zero attached hydrogens (tertiary/aromatic N) is 2. The zero-order valence-electron chi connectivity index (χ0n) is 15.4. The summed E-state index contributed by atoms with van der Waals surface area (Å²) >= 11 is 0. The lowest BCUT2D eigenvalue weighted by Crippen LogP contribution is -2.32. The van der Waals surface area contributed by atoms with E-state index in [2.05, 4.69) is 15.5 Å². The predicted octanol–water partition coefficient (Wildman–Crippen LogP) is 3.17. The Labute approximate surface area is 162 Å². The summed E-state index contributed by atoms with van der Waals surface area (Å²) in [6.07, 6.45) is 0. The number of hydrogen-bond acceptors (Lipinski definition) is 5. The van der Waals surface area contributed by atoms with Crippen molar-refractivity contribution in [3.05, 3.63) is 72.0 Å². The minimum atomic E-state index is -0.303. The number of rotatable bonds is 8. The Morgan fingerprint density at radius 1 is 0.964 bits per heavy atom. The summed E-state index contributed by atoms with van der Waals surface area (Å²) in [7, 11) is 0. The largest absolute Gasteiger partial charge is 0.484 e. The van der Waals surface area contributed by atoms with Crippen LogP contribution in [0.25, 0.3) is 11.3 Å². The molecule has 0 aliphatic heterocycles. The third-order valence-electron chi connectivity index (χ3n) is 3.85. The molecule has 6 nitrogen and oxygen atoms in total. The lowest BCUT2D eigenvalue weighted by Gasteiger charge is -2.08. The Kier molecular flexibility index (Phi) is 6.51. The third-order valence-corrected chi connectivity index (χ3v) is 3.85. The van der Waals surface area contributed by atoms with Gasteiger partial charge in [-0.15, -0.1) is 10.2 Å². The number of amides is 1. The molecule has 0 saturated carbocycles. The van der Waals surface area contributed by atoms with E-state index in [1.807, 2.05) is 31.2 Å². The monoisotopic (exact) mass is 381 g/mol. The van der Waals surface area contributed by atoms with Crippen molar-refractivity contribution < 1.29 is 18.7 Å². The fourth-order valence-electron chi connectivity index (χ4n) is 2.35. The average Bonchev–Trinajstić information content (AvgIpc) is 2.72. The molecule has 3 aromatic rings. The summed E-state index contributed by atoms with van der Waals surface area (Å²) in [5.41, 5.74) is 2.51. The summed E-state index contributed by atoms with van der Waals surface area (Å²) < 4.78 is 23.8. The number of nitrogens with one attached hydrogen (secondary N) is 1. The highest BCUT2D eigenvalue weighted by atomic mass is 19.1. The second-order valence-electron chi connectivity index (χ2n) is 6.06. The Bertz CT molecular complexity index is 898. The first-order valence-corrected chi connectivity index (χ1v) is 8.79. The quantitative estimate of drug-likeness (QED) is 0.607. The zero-order chi connectivity index (χ0) is 19.8. The van der Waals surface area contributed by atoms with Gasteiger partial charge in [0, 0.05) is 11.6 Å². The van der Waals surface area contributed by atoms with Crippen LogP contribution in [0.1, 0.15) is 5.56 Å². The van der Waals surface area contributed by atoms with Gasteiger partial charge in [0.25, 0.3) is 5.91 Å². The van der Waals surface area contributed by atoms with Crippen molar-refractivity contribution in [3.8, 4) is 22.9 Å². The maximum Gasteiger partial charge on any atom is 0.258 e. The lowest BCUT2D eigenvalue weighted by atomic mass is 10.1. The van der Waals surface area contributed by atoms with Gasteiger partial charge < -0.3 is 14.8 Å². The molecule has 0 fully saturated rings. The topological polar surface area (TPSA) is 73.3 Å². The minimum Gasteiger partial charge on any atom is -0.484 e. The molecule has 144 valence electrons. The predicted molar refractivity (Wildman–Crippen MR) is 103 cm³/mol. The fourth-order valence-corrected chi connectivity index (χ4v) is 2.35.